The highest BCUT2D eigenvalue weighted by atomic mass is 79.9. The highest BCUT2D eigenvalue weighted by Gasteiger charge is 2.19. The molecule has 0 saturated heterocycles. The van der Waals surface area contributed by atoms with Crippen LogP contribution in [0.2, 0.25) is 0 Å². The summed E-state index contributed by atoms with van der Waals surface area (Å²) in [5, 5.41) is 12.6. The van der Waals surface area contributed by atoms with Gasteiger partial charge in [-0.2, -0.15) is 0 Å². The lowest BCUT2D eigenvalue weighted by Crippen LogP contribution is -2.41. The van der Waals surface area contributed by atoms with E-state index < -0.39 is 0 Å². The topological polar surface area (TPSA) is 58.6 Å². The fraction of sp³-hybridized carbons (Fsp3) is 0.500. The first-order valence-electron chi connectivity index (χ1n) is 6.32. The highest BCUT2D eigenvalue weighted by Crippen LogP contribution is 2.22. The number of hydrogen-bond donors (Lipinski definition) is 2. The zero-order valence-corrected chi connectivity index (χ0v) is 13.0. The van der Waals surface area contributed by atoms with Crippen LogP contribution in [0.15, 0.2) is 22.7 Å². The molecule has 1 unspecified atom stereocenters. The Bertz CT molecular complexity index is 435. The Morgan fingerprint density at radius 2 is 2.16 bits per heavy atom. The van der Waals surface area contributed by atoms with E-state index in [1.807, 2.05) is 20.8 Å². The molecule has 0 saturated carbocycles. The number of ether oxygens (including phenoxy) is 1. The maximum Gasteiger partial charge on any atom is 0.255 e. The number of aromatic hydroxyl groups is 1. The molecule has 5 heteroatoms. The van der Waals surface area contributed by atoms with Gasteiger partial charge in [0.05, 0.1) is 18.2 Å². The second kappa shape index (κ2) is 7.50. The molecule has 2 N–H and O–H groups in total. The number of hydrogen-bond acceptors (Lipinski definition) is 3. The quantitative estimate of drug-likeness (QED) is 0.843. The number of rotatable bonds is 6. The summed E-state index contributed by atoms with van der Waals surface area (Å²) >= 11 is 3.29. The Hall–Kier alpha value is -1.07. The summed E-state index contributed by atoms with van der Waals surface area (Å²) in [5.41, 5.74) is 0.261. The standard InChI is InChI=1S/C14H20BrNO3/c1-4-19-8-12(9(2)3)16-14(18)11-7-10(15)5-6-13(11)17/h5-7,9,12,17H,4,8H2,1-3H3,(H,16,18). The molecule has 1 aromatic rings. The molecule has 0 bridgehead atoms. The molecule has 0 heterocycles. The van der Waals surface area contributed by atoms with Gasteiger partial charge < -0.3 is 15.2 Å². The van der Waals surface area contributed by atoms with E-state index in [2.05, 4.69) is 21.2 Å². The summed E-state index contributed by atoms with van der Waals surface area (Å²) in [6, 6.07) is 4.70. The fourth-order valence-corrected chi connectivity index (χ4v) is 1.94. The summed E-state index contributed by atoms with van der Waals surface area (Å²) in [6.07, 6.45) is 0. The molecule has 1 amide bonds. The first-order chi connectivity index (χ1) is 8.95. The van der Waals surface area contributed by atoms with Gasteiger partial charge in [-0.05, 0) is 31.0 Å². The van der Waals surface area contributed by atoms with Crippen molar-refractivity contribution < 1.29 is 14.6 Å². The average molecular weight is 330 g/mol. The molecule has 1 aromatic carbocycles. The number of nitrogens with one attached hydrogen (secondary N) is 1. The van der Waals surface area contributed by atoms with Gasteiger partial charge in [0.15, 0.2) is 0 Å². The van der Waals surface area contributed by atoms with Gasteiger partial charge in [-0.15, -0.1) is 0 Å². The Labute approximate surface area is 122 Å². The minimum atomic E-state index is -0.294. The maximum absolute atomic E-state index is 12.1. The van der Waals surface area contributed by atoms with E-state index in [1.165, 1.54) is 6.07 Å². The van der Waals surface area contributed by atoms with Crippen molar-refractivity contribution >= 4 is 21.8 Å². The predicted molar refractivity (Wildman–Crippen MR) is 78.4 cm³/mol. The molecule has 1 atom stereocenters. The van der Waals surface area contributed by atoms with Gasteiger partial charge in [-0.25, -0.2) is 0 Å². The Morgan fingerprint density at radius 1 is 1.47 bits per heavy atom. The lowest BCUT2D eigenvalue weighted by Gasteiger charge is -2.22. The summed E-state index contributed by atoms with van der Waals surface area (Å²) in [6.45, 7) is 7.03. The van der Waals surface area contributed by atoms with E-state index in [4.69, 9.17) is 4.74 Å². The number of phenolic OH excluding ortho intramolecular Hbond substituents is 1. The Balaban J connectivity index is 2.78. The van der Waals surface area contributed by atoms with Gasteiger partial charge in [0.1, 0.15) is 5.75 Å². The molecule has 1 rings (SSSR count). The van der Waals surface area contributed by atoms with Gasteiger partial charge in [-0.1, -0.05) is 29.8 Å². The molecule has 0 radical (unpaired) electrons. The van der Waals surface area contributed by atoms with Gasteiger partial charge in [0.25, 0.3) is 5.91 Å². The summed E-state index contributed by atoms with van der Waals surface area (Å²) in [7, 11) is 0. The summed E-state index contributed by atoms with van der Waals surface area (Å²) in [5.74, 6) is -0.0679. The van der Waals surface area contributed by atoms with Crippen LogP contribution in [0.3, 0.4) is 0 Å². The molecule has 0 aromatic heterocycles. The van der Waals surface area contributed by atoms with Gasteiger partial charge in [0, 0.05) is 11.1 Å². The predicted octanol–water partition coefficient (Wildman–Crippen LogP) is 2.95. The summed E-state index contributed by atoms with van der Waals surface area (Å²) < 4.78 is 6.11. The first-order valence-corrected chi connectivity index (χ1v) is 7.12. The van der Waals surface area contributed by atoms with Gasteiger partial charge in [-0.3, -0.25) is 4.79 Å². The van der Waals surface area contributed by atoms with Crippen LogP contribution >= 0.6 is 15.9 Å². The Morgan fingerprint density at radius 3 is 2.74 bits per heavy atom. The molecule has 0 aliphatic carbocycles. The lowest BCUT2D eigenvalue weighted by molar-refractivity contribution is 0.0804. The number of carbonyl (C=O) groups is 1. The maximum atomic E-state index is 12.1. The smallest absolute Gasteiger partial charge is 0.255 e. The number of amides is 1. The van der Waals surface area contributed by atoms with Crippen molar-refractivity contribution in [1.29, 1.82) is 0 Å². The SMILES string of the molecule is CCOCC(NC(=O)c1cc(Br)ccc1O)C(C)C. The number of carbonyl (C=O) groups excluding carboxylic acids is 1. The average Bonchev–Trinajstić information content (AvgIpc) is 2.36. The van der Waals surface area contributed by atoms with Crippen LogP contribution in [0.5, 0.6) is 5.75 Å². The second-order valence-corrected chi connectivity index (χ2v) is 5.56. The molecule has 0 aliphatic rings. The third-order valence-electron chi connectivity index (χ3n) is 2.83. The van der Waals surface area contributed by atoms with Crippen LogP contribution in [-0.2, 0) is 4.74 Å². The van der Waals surface area contributed by atoms with Crippen LogP contribution in [-0.4, -0.2) is 30.3 Å². The molecule has 0 fully saturated rings. The van der Waals surface area contributed by atoms with E-state index >= 15 is 0 Å². The number of benzene rings is 1. The lowest BCUT2D eigenvalue weighted by atomic mass is 10.0. The van der Waals surface area contributed by atoms with Crippen molar-refractivity contribution in [2.75, 3.05) is 13.2 Å². The molecular weight excluding hydrogens is 310 g/mol. The normalized spacial score (nSPS) is 12.5. The minimum absolute atomic E-state index is 0.0281. The fourth-order valence-electron chi connectivity index (χ4n) is 1.58. The monoisotopic (exact) mass is 329 g/mol. The molecule has 0 spiro atoms. The van der Waals surface area contributed by atoms with E-state index in [0.29, 0.717) is 13.2 Å². The third kappa shape index (κ3) is 4.84. The van der Waals surface area contributed by atoms with Crippen molar-refractivity contribution in [2.45, 2.75) is 26.8 Å². The molecule has 106 valence electrons. The van der Waals surface area contributed by atoms with Crippen LogP contribution in [0.1, 0.15) is 31.1 Å². The zero-order chi connectivity index (χ0) is 14.4. The van der Waals surface area contributed by atoms with Crippen molar-refractivity contribution in [2.24, 2.45) is 5.92 Å². The molecule has 4 nitrogen and oxygen atoms in total. The zero-order valence-electron chi connectivity index (χ0n) is 11.4. The van der Waals surface area contributed by atoms with Crippen molar-refractivity contribution in [3.63, 3.8) is 0 Å². The highest BCUT2D eigenvalue weighted by molar-refractivity contribution is 9.10. The van der Waals surface area contributed by atoms with Gasteiger partial charge >= 0.3 is 0 Å². The Kier molecular flexibility index (Phi) is 6.31. The minimum Gasteiger partial charge on any atom is -0.507 e. The van der Waals surface area contributed by atoms with Crippen LogP contribution < -0.4 is 5.32 Å². The van der Waals surface area contributed by atoms with E-state index in [1.54, 1.807) is 12.1 Å². The number of halogens is 1. The molecule has 0 aliphatic heterocycles. The van der Waals surface area contributed by atoms with Crippen LogP contribution in [0.4, 0.5) is 0 Å². The van der Waals surface area contributed by atoms with Crippen LogP contribution in [0.25, 0.3) is 0 Å². The molecular formula is C14H20BrNO3. The van der Waals surface area contributed by atoms with E-state index in [0.717, 1.165) is 4.47 Å². The van der Waals surface area contributed by atoms with Crippen molar-refractivity contribution in [1.82, 2.24) is 5.32 Å². The largest absolute Gasteiger partial charge is 0.507 e. The van der Waals surface area contributed by atoms with E-state index in [9.17, 15) is 9.90 Å². The van der Waals surface area contributed by atoms with Crippen molar-refractivity contribution in [3.05, 3.63) is 28.2 Å². The number of phenols is 1. The first kappa shape index (κ1) is 16.0. The van der Waals surface area contributed by atoms with E-state index in [-0.39, 0.29) is 29.2 Å². The van der Waals surface area contributed by atoms with Crippen LogP contribution in [0, 0.1) is 5.92 Å². The van der Waals surface area contributed by atoms with Crippen molar-refractivity contribution in [3.8, 4) is 5.75 Å². The third-order valence-corrected chi connectivity index (χ3v) is 3.32. The second-order valence-electron chi connectivity index (χ2n) is 4.64. The summed E-state index contributed by atoms with van der Waals surface area (Å²) in [4.78, 5) is 12.1. The molecule has 19 heavy (non-hydrogen) atoms. The van der Waals surface area contributed by atoms with Gasteiger partial charge in [0.2, 0.25) is 0 Å².